The average molecular weight is 230 g/mol. The fourth-order valence-corrected chi connectivity index (χ4v) is 1.65. The third kappa shape index (κ3) is 2.97. The highest BCUT2D eigenvalue weighted by Crippen LogP contribution is 2.40. The van der Waals surface area contributed by atoms with E-state index in [2.05, 4.69) is 9.26 Å². The van der Waals surface area contributed by atoms with Crippen molar-refractivity contribution in [3.8, 4) is 0 Å². The third-order valence-corrected chi connectivity index (χ3v) is 2.22. The Balaban J connectivity index is 2.68. The Labute approximate surface area is 78.9 Å². The van der Waals surface area contributed by atoms with E-state index in [4.69, 9.17) is 25.1 Å². The van der Waals surface area contributed by atoms with Crippen LogP contribution in [0.5, 0.6) is 0 Å². The Morgan fingerprint density at radius 3 is 2.36 bits per heavy atom. The number of aliphatic hydroxyl groups is 3. The van der Waals surface area contributed by atoms with Crippen molar-refractivity contribution in [3.63, 3.8) is 0 Å². The summed E-state index contributed by atoms with van der Waals surface area (Å²) in [6.45, 7) is -0.372. The first-order chi connectivity index (χ1) is 6.31. The van der Waals surface area contributed by atoms with E-state index in [9.17, 15) is 4.57 Å². The average Bonchev–Trinajstić information content (AvgIpc) is 2.04. The lowest BCUT2D eigenvalue weighted by Crippen LogP contribution is -2.53. The number of phosphoric ester groups is 1. The van der Waals surface area contributed by atoms with Crippen molar-refractivity contribution in [2.75, 3.05) is 6.61 Å². The summed E-state index contributed by atoms with van der Waals surface area (Å²) in [7, 11) is -4.82. The number of phosphoric acid groups is 1. The van der Waals surface area contributed by atoms with Gasteiger partial charge in [0.25, 0.3) is 0 Å². The summed E-state index contributed by atoms with van der Waals surface area (Å²) < 4.78 is 19.0. The van der Waals surface area contributed by atoms with E-state index in [0.29, 0.717) is 0 Å². The maximum Gasteiger partial charge on any atom is 0.470 e. The van der Waals surface area contributed by atoms with Gasteiger partial charge in [-0.15, -0.1) is 0 Å². The zero-order chi connectivity index (χ0) is 10.9. The van der Waals surface area contributed by atoms with Gasteiger partial charge < -0.3 is 29.8 Å². The van der Waals surface area contributed by atoms with Crippen LogP contribution in [0.1, 0.15) is 0 Å². The molecule has 9 heteroatoms. The van der Waals surface area contributed by atoms with Crippen LogP contribution in [0.4, 0.5) is 0 Å². The van der Waals surface area contributed by atoms with Gasteiger partial charge in [0.2, 0.25) is 0 Å². The molecule has 4 atom stereocenters. The number of aliphatic hydroxyl groups excluding tert-OH is 3. The molecule has 5 N–H and O–H groups in total. The molecule has 1 heterocycles. The van der Waals surface area contributed by atoms with Crippen LogP contribution in [0.25, 0.3) is 0 Å². The molecule has 0 spiro atoms. The molecule has 14 heavy (non-hydrogen) atoms. The van der Waals surface area contributed by atoms with Crippen molar-refractivity contribution in [1.82, 2.24) is 0 Å². The minimum atomic E-state index is -4.82. The molecule has 1 unspecified atom stereocenters. The molecule has 1 fully saturated rings. The second-order valence-corrected chi connectivity index (χ2v) is 4.03. The molecule has 1 saturated heterocycles. The number of ether oxygens (including phenoxy) is 1. The fraction of sp³-hybridized carbons (Fsp3) is 1.00. The monoisotopic (exact) mass is 230 g/mol. The summed E-state index contributed by atoms with van der Waals surface area (Å²) in [5.74, 6) is 0. The molecule has 1 rings (SSSR count). The van der Waals surface area contributed by atoms with Crippen LogP contribution >= 0.6 is 7.82 Å². The van der Waals surface area contributed by atoms with Crippen LogP contribution in [0.3, 0.4) is 0 Å². The van der Waals surface area contributed by atoms with Gasteiger partial charge >= 0.3 is 7.82 Å². The summed E-state index contributed by atoms with van der Waals surface area (Å²) in [5.41, 5.74) is 0. The Hall–Kier alpha value is -0.0500. The van der Waals surface area contributed by atoms with Gasteiger partial charge in [0.05, 0.1) is 6.61 Å². The van der Waals surface area contributed by atoms with Crippen molar-refractivity contribution in [1.29, 1.82) is 0 Å². The summed E-state index contributed by atoms with van der Waals surface area (Å²) in [6.07, 6.45) is -6.30. The lowest BCUT2D eigenvalue weighted by Gasteiger charge is -2.34. The Morgan fingerprint density at radius 2 is 1.86 bits per heavy atom. The maximum atomic E-state index is 10.4. The topological polar surface area (TPSA) is 137 Å². The molecule has 0 saturated carbocycles. The molecule has 0 aliphatic carbocycles. The van der Waals surface area contributed by atoms with Crippen molar-refractivity contribution >= 4 is 7.82 Å². The Morgan fingerprint density at radius 1 is 1.29 bits per heavy atom. The van der Waals surface area contributed by atoms with E-state index in [1.54, 1.807) is 0 Å². The smallest absolute Gasteiger partial charge is 0.388 e. The van der Waals surface area contributed by atoms with Gasteiger partial charge in [-0.1, -0.05) is 0 Å². The van der Waals surface area contributed by atoms with E-state index in [1.165, 1.54) is 0 Å². The Bertz CT molecular complexity index is 238. The second-order valence-electron chi connectivity index (χ2n) is 2.84. The molecule has 1 aliphatic heterocycles. The van der Waals surface area contributed by atoms with E-state index in [0.717, 1.165) is 0 Å². The van der Waals surface area contributed by atoms with Crippen LogP contribution < -0.4 is 0 Å². The molecule has 0 bridgehead atoms. The first-order valence-electron chi connectivity index (χ1n) is 3.71. The molecular formula is C5H11O8P. The largest absolute Gasteiger partial charge is 0.470 e. The predicted molar refractivity (Wildman–Crippen MR) is 40.9 cm³/mol. The molecule has 0 aromatic rings. The van der Waals surface area contributed by atoms with Crippen molar-refractivity contribution in [2.45, 2.75) is 24.6 Å². The highest BCUT2D eigenvalue weighted by molar-refractivity contribution is 7.46. The van der Waals surface area contributed by atoms with Crippen molar-refractivity contribution in [2.24, 2.45) is 0 Å². The van der Waals surface area contributed by atoms with Gasteiger partial charge in [-0.25, -0.2) is 4.57 Å². The predicted octanol–water partition coefficient (Wildman–Crippen LogP) is -2.47. The third-order valence-electron chi connectivity index (χ3n) is 1.70. The maximum absolute atomic E-state index is 10.4. The molecule has 1 aliphatic rings. The zero-order valence-corrected chi connectivity index (χ0v) is 7.82. The van der Waals surface area contributed by atoms with E-state index < -0.39 is 32.4 Å². The molecule has 0 radical (unpaired) electrons. The molecule has 0 aromatic carbocycles. The first-order valence-corrected chi connectivity index (χ1v) is 5.24. The van der Waals surface area contributed by atoms with Gasteiger partial charge in [-0.3, -0.25) is 4.52 Å². The minimum absolute atomic E-state index is 0.372. The summed E-state index contributed by atoms with van der Waals surface area (Å²) in [6, 6.07) is 0. The highest BCUT2D eigenvalue weighted by Gasteiger charge is 2.42. The normalized spacial score (nSPS) is 39.8. The highest BCUT2D eigenvalue weighted by atomic mass is 31.2. The van der Waals surface area contributed by atoms with Crippen LogP contribution in [0, 0.1) is 0 Å². The minimum Gasteiger partial charge on any atom is -0.388 e. The van der Waals surface area contributed by atoms with Gasteiger partial charge in [-0.2, -0.15) is 0 Å². The summed E-state index contributed by atoms with van der Waals surface area (Å²) in [5, 5.41) is 27.3. The molecule has 0 amide bonds. The quantitative estimate of drug-likeness (QED) is 0.329. The lowest BCUT2D eigenvalue weighted by atomic mass is 10.1. The van der Waals surface area contributed by atoms with Crippen LogP contribution in [0.2, 0.25) is 0 Å². The van der Waals surface area contributed by atoms with Gasteiger partial charge in [-0.05, 0) is 0 Å². The number of hydrogen-bond acceptors (Lipinski definition) is 6. The van der Waals surface area contributed by atoms with E-state index in [1.807, 2.05) is 0 Å². The SMILES string of the molecule is O=P(O)(O)O[C@@H]1[C@H](O)COC(O)[C@@H]1O. The van der Waals surface area contributed by atoms with Gasteiger partial charge in [0, 0.05) is 0 Å². The standard InChI is InChI=1S/C5H11O8P/c6-2-1-12-5(8)3(7)4(2)13-14(9,10)11/h2-8H,1H2,(H2,9,10,11)/t2-,3-,4-,5?/m1/s1. The fourth-order valence-electron chi connectivity index (χ4n) is 1.07. The Kier molecular flexibility index (Phi) is 3.62. The van der Waals surface area contributed by atoms with E-state index >= 15 is 0 Å². The van der Waals surface area contributed by atoms with Crippen LogP contribution in [-0.4, -0.2) is 56.3 Å². The first kappa shape index (κ1) is 12.0. The van der Waals surface area contributed by atoms with Gasteiger partial charge in [0.1, 0.15) is 18.3 Å². The van der Waals surface area contributed by atoms with Crippen LogP contribution in [0.15, 0.2) is 0 Å². The van der Waals surface area contributed by atoms with Gasteiger partial charge in [0.15, 0.2) is 6.29 Å². The lowest BCUT2D eigenvalue weighted by molar-refractivity contribution is -0.248. The summed E-state index contributed by atoms with van der Waals surface area (Å²) in [4.78, 5) is 16.9. The van der Waals surface area contributed by atoms with Crippen molar-refractivity contribution < 1.29 is 38.9 Å². The summed E-state index contributed by atoms with van der Waals surface area (Å²) >= 11 is 0. The van der Waals surface area contributed by atoms with Crippen molar-refractivity contribution in [3.05, 3.63) is 0 Å². The van der Waals surface area contributed by atoms with Crippen LogP contribution in [-0.2, 0) is 13.8 Å². The van der Waals surface area contributed by atoms with E-state index in [-0.39, 0.29) is 6.61 Å². The number of hydrogen-bond donors (Lipinski definition) is 5. The number of rotatable bonds is 2. The molecule has 0 aromatic heterocycles. The zero-order valence-electron chi connectivity index (χ0n) is 6.92. The molecule has 84 valence electrons. The second kappa shape index (κ2) is 4.21. The molecule has 8 nitrogen and oxygen atoms in total. The molecular weight excluding hydrogens is 219 g/mol.